The molecular weight excluding hydrogens is 306 g/mol. The van der Waals surface area contributed by atoms with Gasteiger partial charge in [-0.2, -0.15) is 0 Å². The van der Waals surface area contributed by atoms with E-state index in [1.165, 1.54) is 10.7 Å². The molecule has 6 nitrogen and oxygen atoms in total. The van der Waals surface area contributed by atoms with Crippen molar-refractivity contribution in [3.05, 3.63) is 35.1 Å². The number of carboxylic acids is 1. The lowest BCUT2D eigenvalue weighted by Crippen LogP contribution is -2.20. The first-order valence-electron chi connectivity index (χ1n) is 6.91. The maximum absolute atomic E-state index is 10.9. The van der Waals surface area contributed by atoms with Gasteiger partial charge in [0.2, 0.25) is 5.88 Å². The van der Waals surface area contributed by atoms with Crippen molar-refractivity contribution in [3.63, 3.8) is 0 Å². The van der Waals surface area contributed by atoms with Gasteiger partial charge in [0.15, 0.2) is 5.82 Å². The van der Waals surface area contributed by atoms with E-state index in [2.05, 4.69) is 30.9 Å². The summed E-state index contributed by atoms with van der Waals surface area (Å²) in [7, 11) is 0. The van der Waals surface area contributed by atoms with E-state index in [-0.39, 0.29) is 16.1 Å². The number of pyridine rings is 1. The van der Waals surface area contributed by atoms with Gasteiger partial charge in [-0.25, -0.2) is 14.5 Å². The number of hydrogen-bond donors (Lipinski definition) is 1. The maximum atomic E-state index is 10.9. The average Bonchev–Trinajstić information content (AvgIpc) is 2.94. The molecule has 22 heavy (non-hydrogen) atoms. The number of halogens is 1. The van der Waals surface area contributed by atoms with Gasteiger partial charge >= 0.3 is 5.97 Å². The minimum atomic E-state index is -1.12. The smallest absolute Gasteiger partial charge is 0.338 e. The first-order chi connectivity index (χ1) is 10.3. The summed E-state index contributed by atoms with van der Waals surface area (Å²) in [6, 6.07) is 4.67. The SMILES string of the molecule is CCC(C)(C)COc1ccn(-c2ccc(C(=O)O)c(Cl)n2)n1. The molecule has 0 unspecified atom stereocenters. The van der Waals surface area contributed by atoms with Crippen LogP contribution < -0.4 is 4.74 Å². The summed E-state index contributed by atoms with van der Waals surface area (Å²) in [5.41, 5.74) is 0.0350. The summed E-state index contributed by atoms with van der Waals surface area (Å²) in [5, 5.41) is 13.1. The van der Waals surface area contributed by atoms with Gasteiger partial charge in [0.05, 0.1) is 12.2 Å². The van der Waals surface area contributed by atoms with Crippen LogP contribution in [0.5, 0.6) is 5.88 Å². The first kappa shape index (κ1) is 16.3. The van der Waals surface area contributed by atoms with Crippen LogP contribution in [-0.4, -0.2) is 32.4 Å². The van der Waals surface area contributed by atoms with Crippen LogP contribution in [0.25, 0.3) is 5.82 Å². The predicted octanol–water partition coefficient (Wildman–Crippen LogP) is 3.43. The van der Waals surface area contributed by atoms with Gasteiger partial charge in [-0.05, 0) is 24.0 Å². The van der Waals surface area contributed by atoms with E-state index in [1.54, 1.807) is 18.3 Å². The quantitative estimate of drug-likeness (QED) is 0.824. The van der Waals surface area contributed by atoms with Crippen molar-refractivity contribution in [2.45, 2.75) is 27.2 Å². The van der Waals surface area contributed by atoms with Gasteiger partial charge in [-0.3, -0.25) is 0 Å². The zero-order valence-electron chi connectivity index (χ0n) is 12.7. The zero-order chi connectivity index (χ0) is 16.3. The normalized spacial score (nSPS) is 11.5. The Labute approximate surface area is 133 Å². The second-order valence-electron chi connectivity index (χ2n) is 5.72. The summed E-state index contributed by atoms with van der Waals surface area (Å²) in [6.07, 6.45) is 2.69. The molecule has 0 radical (unpaired) electrons. The highest BCUT2D eigenvalue weighted by molar-refractivity contribution is 6.32. The van der Waals surface area contributed by atoms with Crippen molar-refractivity contribution in [2.75, 3.05) is 6.61 Å². The molecule has 0 bridgehead atoms. The minimum absolute atomic E-state index is 0.0428. The highest BCUT2D eigenvalue weighted by Crippen LogP contribution is 2.22. The molecular formula is C15H18ClN3O3. The minimum Gasteiger partial charge on any atom is -0.478 e. The van der Waals surface area contributed by atoms with Crippen LogP contribution >= 0.6 is 11.6 Å². The number of ether oxygens (including phenoxy) is 1. The molecule has 1 N–H and O–H groups in total. The summed E-state index contributed by atoms with van der Waals surface area (Å²) in [6.45, 7) is 6.91. The number of nitrogens with zero attached hydrogens (tertiary/aromatic N) is 3. The van der Waals surface area contributed by atoms with Crippen LogP contribution in [0.3, 0.4) is 0 Å². The highest BCUT2D eigenvalue weighted by Gasteiger charge is 2.17. The van der Waals surface area contributed by atoms with Gasteiger partial charge in [0.1, 0.15) is 5.15 Å². The third-order valence-corrected chi connectivity index (χ3v) is 3.72. The average molecular weight is 324 g/mol. The molecule has 0 saturated carbocycles. The highest BCUT2D eigenvalue weighted by atomic mass is 35.5. The van der Waals surface area contributed by atoms with E-state index in [9.17, 15) is 4.79 Å². The Hall–Kier alpha value is -2.08. The van der Waals surface area contributed by atoms with Crippen molar-refractivity contribution in [3.8, 4) is 11.7 Å². The second kappa shape index (κ2) is 6.36. The van der Waals surface area contributed by atoms with Gasteiger partial charge < -0.3 is 9.84 Å². The van der Waals surface area contributed by atoms with Crippen molar-refractivity contribution < 1.29 is 14.6 Å². The standard InChI is InChI=1S/C15H18ClN3O3/c1-4-15(2,3)9-22-12-7-8-19(18-12)11-6-5-10(14(20)21)13(16)17-11/h5-8H,4,9H2,1-3H3,(H,20,21). The van der Waals surface area contributed by atoms with Gasteiger partial charge in [0, 0.05) is 12.3 Å². The number of rotatable bonds is 6. The topological polar surface area (TPSA) is 77.2 Å². The fraction of sp³-hybridized carbons (Fsp3) is 0.400. The molecule has 0 atom stereocenters. The molecule has 2 rings (SSSR count). The van der Waals surface area contributed by atoms with Crippen molar-refractivity contribution in [1.29, 1.82) is 0 Å². The third kappa shape index (κ3) is 3.76. The third-order valence-electron chi connectivity index (χ3n) is 3.43. The van der Waals surface area contributed by atoms with E-state index in [0.29, 0.717) is 18.3 Å². The van der Waals surface area contributed by atoms with Crippen molar-refractivity contribution >= 4 is 17.6 Å². The van der Waals surface area contributed by atoms with Crippen molar-refractivity contribution in [2.24, 2.45) is 5.41 Å². The Bertz CT molecular complexity index is 682. The Morgan fingerprint density at radius 1 is 1.41 bits per heavy atom. The Kier molecular flexibility index (Phi) is 4.71. The molecule has 0 saturated heterocycles. The number of aromatic nitrogens is 3. The molecule has 0 aliphatic carbocycles. The maximum Gasteiger partial charge on any atom is 0.338 e. The summed E-state index contributed by atoms with van der Waals surface area (Å²) < 4.78 is 7.16. The van der Waals surface area contributed by atoms with Crippen LogP contribution in [-0.2, 0) is 0 Å². The molecule has 0 fully saturated rings. The second-order valence-corrected chi connectivity index (χ2v) is 6.08. The largest absolute Gasteiger partial charge is 0.478 e. The predicted molar refractivity (Wildman–Crippen MR) is 82.9 cm³/mol. The van der Waals surface area contributed by atoms with Gasteiger partial charge in [-0.1, -0.05) is 32.4 Å². The van der Waals surface area contributed by atoms with E-state index in [4.69, 9.17) is 21.4 Å². The molecule has 0 amide bonds. The fourth-order valence-corrected chi connectivity index (χ4v) is 1.83. The number of carboxylic acid groups (broad SMARTS) is 1. The van der Waals surface area contributed by atoms with Crippen LogP contribution in [0, 0.1) is 5.41 Å². The molecule has 0 aliphatic heterocycles. The van der Waals surface area contributed by atoms with E-state index in [0.717, 1.165) is 6.42 Å². The molecule has 2 aromatic rings. The van der Waals surface area contributed by atoms with Crippen LogP contribution in [0.15, 0.2) is 24.4 Å². The van der Waals surface area contributed by atoms with Gasteiger partial charge in [-0.15, -0.1) is 5.10 Å². The zero-order valence-corrected chi connectivity index (χ0v) is 13.5. The molecule has 0 aromatic carbocycles. The Morgan fingerprint density at radius 3 is 2.73 bits per heavy atom. The van der Waals surface area contributed by atoms with E-state index < -0.39 is 5.97 Å². The van der Waals surface area contributed by atoms with Gasteiger partial charge in [0.25, 0.3) is 0 Å². The number of hydrogen-bond acceptors (Lipinski definition) is 4. The summed E-state index contributed by atoms with van der Waals surface area (Å²) in [5.74, 6) is -0.198. The number of carbonyl (C=O) groups is 1. The van der Waals surface area contributed by atoms with E-state index in [1.807, 2.05) is 0 Å². The number of aromatic carboxylic acids is 1. The first-order valence-corrected chi connectivity index (χ1v) is 7.29. The van der Waals surface area contributed by atoms with Crippen LogP contribution in [0.4, 0.5) is 0 Å². The molecule has 2 heterocycles. The van der Waals surface area contributed by atoms with Crippen molar-refractivity contribution in [1.82, 2.24) is 14.8 Å². The lowest BCUT2D eigenvalue weighted by atomic mass is 9.92. The molecule has 7 heteroatoms. The summed E-state index contributed by atoms with van der Waals surface area (Å²) in [4.78, 5) is 14.9. The van der Waals surface area contributed by atoms with Crippen LogP contribution in [0.1, 0.15) is 37.6 Å². The Morgan fingerprint density at radius 2 is 2.14 bits per heavy atom. The van der Waals surface area contributed by atoms with E-state index >= 15 is 0 Å². The summed E-state index contributed by atoms with van der Waals surface area (Å²) >= 11 is 5.86. The lowest BCUT2D eigenvalue weighted by molar-refractivity contribution is 0.0696. The Balaban J connectivity index is 2.15. The molecule has 2 aromatic heterocycles. The molecule has 118 valence electrons. The lowest BCUT2D eigenvalue weighted by Gasteiger charge is -2.21. The monoisotopic (exact) mass is 323 g/mol. The molecule has 0 spiro atoms. The van der Waals surface area contributed by atoms with Crippen LogP contribution in [0.2, 0.25) is 5.15 Å². The molecule has 0 aliphatic rings. The fourth-order valence-electron chi connectivity index (χ4n) is 1.59.